The van der Waals surface area contributed by atoms with Gasteiger partial charge in [-0.15, -0.1) is 11.3 Å². The second-order valence-corrected chi connectivity index (χ2v) is 13.0. The summed E-state index contributed by atoms with van der Waals surface area (Å²) in [7, 11) is -4.63. The molecular weight excluding hydrogens is 604 g/mol. The molecule has 1 atom stereocenters. The number of nitrogens with one attached hydrogen (secondary N) is 2. The summed E-state index contributed by atoms with van der Waals surface area (Å²) in [4.78, 5) is 45.0. The molecule has 4 heterocycles. The fraction of sp³-hybridized carbons (Fsp3) is 0.280. The van der Waals surface area contributed by atoms with E-state index < -0.39 is 45.1 Å². The third-order valence-corrected chi connectivity index (χ3v) is 9.73. The first-order valence-corrected chi connectivity index (χ1v) is 15.2. The van der Waals surface area contributed by atoms with E-state index in [1.54, 1.807) is 12.3 Å². The van der Waals surface area contributed by atoms with Crippen LogP contribution in [0.15, 0.2) is 47.5 Å². The van der Waals surface area contributed by atoms with Gasteiger partial charge in [0, 0.05) is 32.3 Å². The molecule has 0 saturated carbocycles. The highest BCUT2D eigenvalue weighted by atomic mass is 35.5. The number of aromatic nitrogens is 1. The Kier molecular flexibility index (Phi) is 8.11. The quantitative estimate of drug-likeness (QED) is 0.395. The molecule has 0 aliphatic carbocycles. The number of fused-ring (bicyclic) bond motifs is 1. The number of anilines is 1. The number of carbonyl (C=O) groups excluding carboxylic acids is 3. The predicted octanol–water partition coefficient (Wildman–Crippen LogP) is 3.34. The van der Waals surface area contributed by atoms with Crippen LogP contribution in [-0.4, -0.2) is 55.2 Å². The topological polar surface area (TPSA) is 129 Å². The van der Waals surface area contributed by atoms with E-state index in [0.29, 0.717) is 16.5 Å². The Morgan fingerprint density at radius 3 is 2.65 bits per heavy atom. The maximum Gasteiger partial charge on any atom is 0.261 e. The maximum absolute atomic E-state index is 14.6. The second kappa shape index (κ2) is 11.4. The van der Waals surface area contributed by atoms with E-state index in [2.05, 4.69) is 15.0 Å². The average Bonchev–Trinajstić information content (AvgIpc) is 3.66. The van der Waals surface area contributed by atoms with E-state index in [1.807, 2.05) is 6.07 Å². The molecule has 210 valence electrons. The molecule has 1 saturated heterocycles. The van der Waals surface area contributed by atoms with Crippen LogP contribution in [0.5, 0.6) is 0 Å². The first-order valence-electron chi connectivity index (χ1n) is 12.1. The number of carbonyl (C=O) groups is 3. The fourth-order valence-electron chi connectivity index (χ4n) is 4.57. The van der Waals surface area contributed by atoms with Crippen molar-refractivity contribution in [3.8, 4) is 0 Å². The van der Waals surface area contributed by atoms with Crippen molar-refractivity contribution in [1.82, 2.24) is 19.9 Å². The van der Waals surface area contributed by atoms with Gasteiger partial charge in [0.1, 0.15) is 16.8 Å². The van der Waals surface area contributed by atoms with Crippen molar-refractivity contribution < 1.29 is 27.2 Å². The number of hydrogen-bond acceptors (Lipinski definition) is 7. The minimum Gasteiger partial charge on any atom is -0.349 e. The minimum absolute atomic E-state index is 0.0728. The minimum atomic E-state index is -4.63. The standard InChI is InChI=1S/C25H22Cl2FN5O5S2/c26-21-6-5-19(39-21)24(35)30-11-16(25(36)32-12-14-3-1-7-29-17(14)13-32)31-40(37,38)20-10-15(28)9-18(23(20)27)33-8-2-4-22(33)34/h1,3,5-7,9-10,16,31H,2,4,8,11-13H2,(H,30,35)/t16-/m0/s1. The highest BCUT2D eigenvalue weighted by molar-refractivity contribution is 7.89. The lowest BCUT2D eigenvalue weighted by Crippen LogP contribution is -2.52. The first kappa shape index (κ1) is 28.4. The predicted molar refractivity (Wildman–Crippen MR) is 147 cm³/mol. The average molecular weight is 627 g/mol. The Morgan fingerprint density at radius 1 is 1.18 bits per heavy atom. The summed E-state index contributed by atoms with van der Waals surface area (Å²) < 4.78 is 44.4. The van der Waals surface area contributed by atoms with E-state index in [0.717, 1.165) is 29.0 Å². The number of halogens is 3. The molecule has 10 nitrogen and oxygen atoms in total. The first-order chi connectivity index (χ1) is 19.0. The van der Waals surface area contributed by atoms with Crippen molar-refractivity contribution in [2.75, 3.05) is 18.0 Å². The smallest absolute Gasteiger partial charge is 0.261 e. The normalized spacial score (nSPS) is 15.8. The molecule has 1 aromatic carbocycles. The van der Waals surface area contributed by atoms with Crippen LogP contribution >= 0.6 is 34.5 Å². The van der Waals surface area contributed by atoms with Gasteiger partial charge in [0.2, 0.25) is 21.8 Å². The van der Waals surface area contributed by atoms with Crippen molar-refractivity contribution in [2.45, 2.75) is 36.9 Å². The van der Waals surface area contributed by atoms with Crippen LogP contribution in [0.25, 0.3) is 0 Å². The van der Waals surface area contributed by atoms with Crippen molar-refractivity contribution >= 4 is 68.0 Å². The number of amides is 3. The summed E-state index contributed by atoms with van der Waals surface area (Å²) in [6.45, 7) is 0.176. The van der Waals surface area contributed by atoms with Gasteiger partial charge in [0.15, 0.2) is 0 Å². The molecule has 3 aromatic rings. The molecule has 1 fully saturated rings. The lowest BCUT2D eigenvalue weighted by atomic mass is 10.2. The Hall–Kier alpha value is -3.10. The zero-order chi connectivity index (χ0) is 28.6. The molecule has 0 radical (unpaired) electrons. The molecule has 5 rings (SSSR count). The maximum atomic E-state index is 14.6. The Bertz CT molecular complexity index is 1590. The van der Waals surface area contributed by atoms with Gasteiger partial charge in [0.25, 0.3) is 5.91 Å². The van der Waals surface area contributed by atoms with Crippen LogP contribution in [-0.2, 0) is 32.7 Å². The largest absolute Gasteiger partial charge is 0.349 e. The lowest BCUT2D eigenvalue weighted by molar-refractivity contribution is -0.133. The third kappa shape index (κ3) is 5.84. The van der Waals surface area contributed by atoms with Gasteiger partial charge in [-0.1, -0.05) is 29.3 Å². The van der Waals surface area contributed by atoms with Crippen LogP contribution < -0.4 is 14.9 Å². The molecule has 2 N–H and O–H groups in total. The Balaban J connectivity index is 1.43. The van der Waals surface area contributed by atoms with Gasteiger partial charge in [-0.25, -0.2) is 12.8 Å². The van der Waals surface area contributed by atoms with Crippen LogP contribution in [0.4, 0.5) is 10.1 Å². The Labute approximate surface area is 243 Å². The molecular formula is C25H22Cl2FN5O5S2. The fourth-order valence-corrected chi connectivity index (χ4v) is 7.34. The van der Waals surface area contributed by atoms with Crippen molar-refractivity contribution in [3.63, 3.8) is 0 Å². The number of pyridine rings is 1. The van der Waals surface area contributed by atoms with Crippen molar-refractivity contribution in [2.24, 2.45) is 0 Å². The van der Waals surface area contributed by atoms with Gasteiger partial charge in [-0.05, 0) is 42.3 Å². The number of nitrogens with zero attached hydrogens (tertiary/aromatic N) is 3. The molecule has 2 aromatic heterocycles. The molecule has 0 unspecified atom stereocenters. The summed E-state index contributed by atoms with van der Waals surface area (Å²) in [6, 6.07) is 6.82. The summed E-state index contributed by atoms with van der Waals surface area (Å²) in [5.74, 6) is -2.42. The van der Waals surface area contributed by atoms with E-state index in [9.17, 15) is 27.2 Å². The number of rotatable bonds is 8. The third-order valence-electron chi connectivity index (χ3n) is 6.50. The molecule has 40 heavy (non-hydrogen) atoms. The van der Waals surface area contributed by atoms with Crippen LogP contribution in [0.3, 0.4) is 0 Å². The molecule has 0 bridgehead atoms. The molecule has 2 aliphatic rings. The monoisotopic (exact) mass is 625 g/mol. The van der Waals surface area contributed by atoms with Gasteiger partial charge in [-0.2, -0.15) is 4.72 Å². The zero-order valence-corrected chi connectivity index (χ0v) is 23.8. The molecule has 2 aliphatic heterocycles. The van der Waals surface area contributed by atoms with Gasteiger partial charge < -0.3 is 15.1 Å². The number of thiophene rings is 1. The van der Waals surface area contributed by atoms with Crippen LogP contribution in [0.1, 0.15) is 33.8 Å². The number of sulfonamides is 1. The summed E-state index contributed by atoms with van der Waals surface area (Å²) in [5, 5.41) is 2.21. The summed E-state index contributed by atoms with van der Waals surface area (Å²) in [6.07, 6.45) is 2.34. The zero-order valence-electron chi connectivity index (χ0n) is 20.7. The van der Waals surface area contributed by atoms with Crippen molar-refractivity contribution in [3.05, 3.63) is 73.9 Å². The highest BCUT2D eigenvalue weighted by Crippen LogP contribution is 2.35. The summed E-state index contributed by atoms with van der Waals surface area (Å²) in [5.41, 5.74) is 1.40. The van der Waals surface area contributed by atoms with E-state index >= 15 is 0 Å². The van der Waals surface area contributed by atoms with Crippen LogP contribution in [0, 0.1) is 5.82 Å². The Morgan fingerprint density at radius 2 is 1.98 bits per heavy atom. The van der Waals surface area contributed by atoms with Gasteiger partial charge in [-0.3, -0.25) is 19.4 Å². The lowest BCUT2D eigenvalue weighted by Gasteiger charge is -2.25. The molecule has 15 heteroatoms. The van der Waals surface area contributed by atoms with E-state index in [-0.39, 0.29) is 47.5 Å². The van der Waals surface area contributed by atoms with E-state index in [1.165, 1.54) is 21.9 Å². The molecule has 3 amide bonds. The van der Waals surface area contributed by atoms with Crippen molar-refractivity contribution in [1.29, 1.82) is 0 Å². The molecule has 0 spiro atoms. The van der Waals surface area contributed by atoms with E-state index in [4.69, 9.17) is 23.2 Å². The van der Waals surface area contributed by atoms with Gasteiger partial charge in [0.05, 0.1) is 32.2 Å². The summed E-state index contributed by atoms with van der Waals surface area (Å²) >= 11 is 13.3. The number of hydrogen-bond donors (Lipinski definition) is 2. The van der Waals surface area contributed by atoms with Gasteiger partial charge >= 0.3 is 0 Å². The van der Waals surface area contributed by atoms with Crippen LogP contribution in [0.2, 0.25) is 9.36 Å². The second-order valence-electron chi connectivity index (χ2n) is 9.18. The highest BCUT2D eigenvalue weighted by Gasteiger charge is 2.35. The number of benzene rings is 1. The SMILES string of the molecule is O=C(NC[C@H](NS(=O)(=O)c1cc(F)cc(N2CCCC2=O)c1Cl)C(=O)N1Cc2cccnc2C1)c1ccc(Cl)s1.